The lowest BCUT2D eigenvalue weighted by molar-refractivity contribution is -0.133. The van der Waals surface area contributed by atoms with Gasteiger partial charge in [0, 0.05) is 26.7 Å². The fourth-order valence-electron chi connectivity index (χ4n) is 2.21. The summed E-state index contributed by atoms with van der Waals surface area (Å²) in [6.45, 7) is 5.60. The Balaban J connectivity index is 1.69. The Labute approximate surface area is 97.3 Å². The van der Waals surface area contributed by atoms with Crippen molar-refractivity contribution in [1.82, 2.24) is 10.2 Å². The van der Waals surface area contributed by atoms with Crippen molar-refractivity contribution in [2.24, 2.45) is 11.8 Å². The van der Waals surface area contributed by atoms with Crippen molar-refractivity contribution >= 4 is 5.91 Å². The molecule has 1 aliphatic carbocycles. The van der Waals surface area contributed by atoms with Gasteiger partial charge in [-0.05, 0) is 18.3 Å². The average Bonchev–Trinajstić information content (AvgIpc) is 2.95. The molecule has 2 rings (SSSR count). The van der Waals surface area contributed by atoms with Gasteiger partial charge in [-0.2, -0.15) is 0 Å². The molecule has 4 nitrogen and oxygen atoms in total. The molecular formula is C12H22N2O2. The van der Waals surface area contributed by atoms with Crippen molar-refractivity contribution in [3.05, 3.63) is 0 Å². The first kappa shape index (κ1) is 11.9. The highest BCUT2D eigenvalue weighted by molar-refractivity contribution is 5.76. The zero-order chi connectivity index (χ0) is 11.5. The summed E-state index contributed by atoms with van der Waals surface area (Å²) in [5.41, 5.74) is 0. The zero-order valence-electron chi connectivity index (χ0n) is 10.2. The molecule has 16 heavy (non-hydrogen) atoms. The number of hydrogen-bond donors (Lipinski definition) is 1. The van der Waals surface area contributed by atoms with E-state index >= 15 is 0 Å². The number of hydrogen-bond acceptors (Lipinski definition) is 3. The lowest BCUT2D eigenvalue weighted by atomic mass is 10.2. The van der Waals surface area contributed by atoms with Crippen LogP contribution in [-0.2, 0) is 9.53 Å². The SMILES string of the molecule is CC1CC1CN(C)C(=O)CC1CNCCO1. The van der Waals surface area contributed by atoms with Crippen LogP contribution in [0.5, 0.6) is 0 Å². The number of morpholine rings is 1. The number of amides is 1. The monoisotopic (exact) mass is 226 g/mol. The number of ether oxygens (including phenoxy) is 1. The molecule has 0 aromatic rings. The molecule has 4 heteroatoms. The highest BCUT2D eigenvalue weighted by Crippen LogP contribution is 2.38. The highest BCUT2D eigenvalue weighted by atomic mass is 16.5. The molecule has 2 aliphatic rings. The van der Waals surface area contributed by atoms with E-state index in [9.17, 15) is 4.79 Å². The molecule has 0 aromatic heterocycles. The number of carbonyl (C=O) groups is 1. The quantitative estimate of drug-likeness (QED) is 0.758. The molecule has 3 unspecified atom stereocenters. The molecule has 1 saturated carbocycles. The van der Waals surface area contributed by atoms with Gasteiger partial charge in [-0.3, -0.25) is 4.79 Å². The van der Waals surface area contributed by atoms with Crippen LogP contribution in [0.25, 0.3) is 0 Å². The second-order valence-electron chi connectivity index (χ2n) is 5.15. The van der Waals surface area contributed by atoms with E-state index in [1.54, 1.807) is 0 Å². The summed E-state index contributed by atoms with van der Waals surface area (Å²) in [5.74, 6) is 1.76. The van der Waals surface area contributed by atoms with Crippen LogP contribution in [0, 0.1) is 11.8 Å². The van der Waals surface area contributed by atoms with Crippen molar-refractivity contribution in [2.75, 3.05) is 33.3 Å². The third-order valence-electron chi connectivity index (χ3n) is 3.62. The van der Waals surface area contributed by atoms with E-state index in [1.807, 2.05) is 11.9 Å². The predicted molar refractivity (Wildman–Crippen MR) is 62.1 cm³/mol. The minimum Gasteiger partial charge on any atom is -0.375 e. The fourth-order valence-corrected chi connectivity index (χ4v) is 2.21. The molecule has 0 radical (unpaired) electrons. The van der Waals surface area contributed by atoms with Crippen molar-refractivity contribution in [3.63, 3.8) is 0 Å². The summed E-state index contributed by atoms with van der Waals surface area (Å²) >= 11 is 0. The second kappa shape index (κ2) is 5.15. The van der Waals surface area contributed by atoms with Crippen LogP contribution in [0.1, 0.15) is 19.8 Å². The Morgan fingerprint density at radius 3 is 2.88 bits per heavy atom. The Kier molecular flexibility index (Phi) is 3.82. The second-order valence-corrected chi connectivity index (χ2v) is 5.15. The van der Waals surface area contributed by atoms with Crippen molar-refractivity contribution < 1.29 is 9.53 Å². The van der Waals surface area contributed by atoms with Crippen molar-refractivity contribution in [2.45, 2.75) is 25.9 Å². The molecule has 1 heterocycles. The van der Waals surface area contributed by atoms with Crippen molar-refractivity contribution in [1.29, 1.82) is 0 Å². The molecule has 0 aromatic carbocycles. The summed E-state index contributed by atoms with van der Waals surface area (Å²) in [7, 11) is 1.91. The van der Waals surface area contributed by atoms with Crippen LogP contribution >= 0.6 is 0 Å². The molecule has 0 spiro atoms. The summed E-state index contributed by atoms with van der Waals surface area (Å²) in [5, 5.41) is 3.24. The predicted octanol–water partition coefficient (Wildman–Crippen LogP) is 0.479. The van der Waals surface area contributed by atoms with E-state index in [0.717, 1.165) is 38.1 Å². The summed E-state index contributed by atoms with van der Waals surface area (Å²) in [4.78, 5) is 13.8. The third kappa shape index (κ3) is 3.19. The van der Waals surface area contributed by atoms with E-state index < -0.39 is 0 Å². The molecule has 1 N–H and O–H groups in total. The van der Waals surface area contributed by atoms with Gasteiger partial charge in [-0.25, -0.2) is 0 Å². The molecule has 1 amide bonds. The van der Waals surface area contributed by atoms with E-state index in [0.29, 0.717) is 6.42 Å². The maximum Gasteiger partial charge on any atom is 0.224 e. The third-order valence-corrected chi connectivity index (χ3v) is 3.62. The summed E-state index contributed by atoms with van der Waals surface area (Å²) in [6, 6.07) is 0. The first-order chi connectivity index (χ1) is 7.66. The van der Waals surface area contributed by atoms with Gasteiger partial charge in [-0.15, -0.1) is 0 Å². The Morgan fingerprint density at radius 1 is 1.56 bits per heavy atom. The standard InChI is InChI=1S/C12H22N2O2/c1-9-5-10(9)8-14(2)12(15)6-11-7-13-3-4-16-11/h9-11,13H,3-8H2,1-2H3. The number of nitrogens with zero attached hydrogens (tertiary/aromatic N) is 1. The largest absolute Gasteiger partial charge is 0.375 e. The van der Waals surface area contributed by atoms with Gasteiger partial charge in [0.05, 0.1) is 19.1 Å². The summed E-state index contributed by atoms with van der Waals surface area (Å²) in [6.07, 6.45) is 1.87. The first-order valence-corrected chi connectivity index (χ1v) is 6.23. The van der Waals surface area contributed by atoms with E-state index in [4.69, 9.17) is 4.74 Å². The van der Waals surface area contributed by atoms with Crippen LogP contribution in [0.4, 0.5) is 0 Å². The minimum absolute atomic E-state index is 0.0697. The number of rotatable bonds is 4. The minimum atomic E-state index is 0.0697. The van der Waals surface area contributed by atoms with Gasteiger partial charge >= 0.3 is 0 Å². The number of carbonyl (C=O) groups excluding carboxylic acids is 1. The van der Waals surface area contributed by atoms with E-state index in [1.165, 1.54) is 6.42 Å². The van der Waals surface area contributed by atoms with Crippen LogP contribution in [0.15, 0.2) is 0 Å². The van der Waals surface area contributed by atoms with Gasteiger partial charge in [0.2, 0.25) is 5.91 Å². The molecule has 0 bridgehead atoms. The van der Waals surface area contributed by atoms with Gasteiger partial charge in [0.1, 0.15) is 0 Å². The van der Waals surface area contributed by atoms with Crippen molar-refractivity contribution in [3.8, 4) is 0 Å². The smallest absolute Gasteiger partial charge is 0.224 e. The summed E-state index contributed by atoms with van der Waals surface area (Å²) < 4.78 is 5.53. The molecule has 3 atom stereocenters. The molecule has 1 aliphatic heterocycles. The van der Waals surface area contributed by atoms with Gasteiger partial charge in [0.25, 0.3) is 0 Å². The molecular weight excluding hydrogens is 204 g/mol. The van der Waals surface area contributed by atoms with E-state index in [-0.39, 0.29) is 12.0 Å². The van der Waals surface area contributed by atoms with Crippen LogP contribution in [0.3, 0.4) is 0 Å². The molecule has 1 saturated heterocycles. The van der Waals surface area contributed by atoms with Gasteiger partial charge in [0.15, 0.2) is 0 Å². The van der Waals surface area contributed by atoms with Crippen LogP contribution in [-0.4, -0.2) is 50.2 Å². The maximum atomic E-state index is 11.9. The zero-order valence-corrected chi connectivity index (χ0v) is 10.2. The topological polar surface area (TPSA) is 41.6 Å². The fraction of sp³-hybridized carbons (Fsp3) is 0.917. The van der Waals surface area contributed by atoms with Crippen LogP contribution in [0.2, 0.25) is 0 Å². The first-order valence-electron chi connectivity index (χ1n) is 6.23. The average molecular weight is 226 g/mol. The number of nitrogens with one attached hydrogen (secondary N) is 1. The van der Waals surface area contributed by atoms with Gasteiger partial charge in [-0.1, -0.05) is 6.92 Å². The lowest BCUT2D eigenvalue weighted by Crippen LogP contribution is -2.42. The van der Waals surface area contributed by atoms with Crippen LogP contribution < -0.4 is 5.32 Å². The van der Waals surface area contributed by atoms with E-state index in [2.05, 4.69) is 12.2 Å². The molecule has 2 fully saturated rings. The molecule has 92 valence electrons. The Hall–Kier alpha value is -0.610. The van der Waals surface area contributed by atoms with Gasteiger partial charge < -0.3 is 15.0 Å². The Morgan fingerprint density at radius 2 is 2.31 bits per heavy atom. The normalized spacial score (nSPS) is 33.5. The Bertz CT molecular complexity index is 251. The lowest BCUT2D eigenvalue weighted by Gasteiger charge is -2.25. The maximum absolute atomic E-state index is 11.9. The highest BCUT2D eigenvalue weighted by Gasteiger charge is 2.34.